The minimum absolute atomic E-state index is 0.178. The molecule has 0 amide bonds. The number of nitro groups is 1. The van der Waals surface area contributed by atoms with Crippen LogP contribution in [0.15, 0.2) is 12.1 Å². The van der Waals surface area contributed by atoms with Gasteiger partial charge in [0.15, 0.2) is 11.5 Å². The van der Waals surface area contributed by atoms with Crippen LogP contribution in [0, 0.1) is 10.1 Å². The van der Waals surface area contributed by atoms with E-state index in [1.54, 1.807) is 6.92 Å². The number of carbonyl (C=O) groups excluding carboxylic acids is 1. The fourth-order valence-electron chi connectivity index (χ4n) is 1.81. The summed E-state index contributed by atoms with van der Waals surface area (Å²) in [6, 6.07) is 2.01. The first kappa shape index (κ1) is 13.9. The van der Waals surface area contributed by atoms with Crippen molar-refractivity contribution in [1.82, 2.24) is 0 Å². The molecule has 1 atom stereocenters. The highest BCUT2D eigenvalue weighted by atomic mass is 16.6. The molecule has 0 fully saturated rings. The molecule has 0 aromatic heterocycles. The average molecular weight is 282 g/mol. The number of nitro benzene ring substituents is 1. The van der Waals surface area contributed by atoms with Crippen molar-refractivity contribution in [3.05, 3.63) is 22.2 Å². The van der Waals surface area contributed by atoms with Gasteiger partial charge < -0.3 is 19.5 Å². The standard InChI is InChI=1S/C12H14N2O6/c1-7(12(15)18-2)13-8-5-10-11(20-4-3-19-10)6-9(8)14(16)17/h5-7,13H,3-4H2,1-2H3. The van der Waals surface area contributed by atoms with Gasteiger partial charge in [-0.05, 0) is 6.92 Å². The number of rotatable bonds is 4. The van der Waals surface area contributed by atoms with E-state index in [4.69, 9.17) is 9.47 Å². The van der Waals surface area contributed by atoms with Crippen molar-refractivity contribution >= 4 is 17.3 Å². The lowest BCUT2D eigenvalue weighted by Crippen LogP contribution is -2.27. The van der Waals surface area contributed by atoms with E-state index in [9.17, 15) is 14.9 Å². The maximum absolute atomic E-state index is 11.4. The third-order valence-corrected chi connectivity index (χ3v) is 2.78. The molecule has 8 nitrogen and oxygen atoms in total. The van der Waals surface area contributed by atoms with Crippen molar-refractivity contribution in [2.24, 2.45) is 0 Å². The number of nitrogens with zero attached hydrogens (tertiary/aromatic N) is 1. The van der Waals surface area contributed by atoms with Crippen LogP contribution in [0.5, 0.6) is 11.5 Å². The highest BCUT2D eigenvalue weighted by molar-refractivity contribution is 5.81. The van der Waals surface area contributed by atoms with Crippen LogP contribution >= 0.6 is 0 Å². The number of carbonyl (C=O) groups is 1. The fourth-order valence-corrected chi connectivity index (χ4v) is 1.81. The van der Waals surface area contributed by atoms with Crippen molar-refractivity contribution in [2.75, 3.05) is 25.6 Å². The number of hydrogen-bond acceptors (Lipinski definition) is 7. The van der Waals surface area contributed by atoms with Crippen LogP contribution in [0.1, 0.15) is 6.92 Å². The van der Waals surface area contributed by atoms with E-state index >= 15 is 0 Å². The summed E-state index contributed by atoms with van der Waals surface area (Å²) in [5.41, 5.74) is -0.0119. The zero-order valence-corrected chi connectivity index (χ0v) is 11.0. The van der Waals surface area contributed by atoms with Crippen molar-refractivity contribution in [3.63, 3.8) is 0 Å². The van der Waals surface area contributed by atoms with Gasteiger partial charge in [0.1, 0.15) is 24.9 Å². The predicted molar refractivity (Wildman–Crippen MR) is 69.2 cm³/mol. The van der Waals surface area contributed by atoms with E-state index in [0.717, 1.165) is 0 Å². The second kappa shape index (κ2) is 5.64. The first-order valence-corrected chi connectivity index (χ1v) is 5.95. The van der Waals surface area contributed by atoms with Crippen molar-refractivity contribution in [1.29, 1.82) is 0 Å². The molecule has 108 valence electrons. The quantitative estimate of drug-likeness (QED) is 0.505. The molecule has 0 bridgehead atoms. The maximum Gasteiger partial charge on any atom is 0.327 e. The Kier molecular flexibility index (Phi) is 3.92. The number of esters is 1. The van der Waals surface area contributed by atoms with Crippen molar-refractivity contribution in [2.45, 2.75) is 13.0 Å². The van der Waals surface area contributed by atoms with Gasteiger partial charge in [0.2, 0.25) is 0 Å². The fraction of sp³-hybridized carbons (Fsp3) is 0.417. The van der Waals surface area contributed by atoms with E-state index in [1.165, 1.54) is 19.2 Å². The van der Waals surface area contributed by atoms with Crippen LogP contribution in [-0.2, 0) is 9.53 Å². The van der Waals surface area contributed by atoms with Crippen LogP contribution in [0.3, 0.4) is 0 Å². The van der Waals surface area contributed by atoms with Crippen LogP contribution in [0.25, 0.3) is 0 Å². The Morgan fingerprint density at radius 1 is 1.40 bits per heavy atom. The van der Waals surface area contributed by atoms with Gasteiger partial charge in [0.05, 0.1) is 18.1 Å². The molecule has 1 aliphatic heterocycles. The summed E-state index contributed by atoms with van der Waals surface area (Å²) in [6.07, 6.45) is 0. The number of fused-ring (bicyclic) bond motifs is 1. The molecule has 2 rings (SSSR count). The first-order valence-electron chi connectivity index (χ1n) is 5.95. The normalized spacial score (nSPS) is 14.3. The van der Waals surface area contributed by atoms with Gasteiger partial charge in [-0.15, -0.1) is 0 Å². The number of anilines is 1. The van der Waals surface area contributed by atoms with Crippen LogP contribution in [-0.4, -0.2) is 37.3 Å². The summed E-state index contributed by atoms with van der Waals surface area (Å²) in [6.45, 7) is 2.26. The highest BCUT2D eigenvalue weighted by Crippen LogP contribution is 2.39. The van der Waals surface area contributed by atoms with Crippen LogP contribution in [0.2, 0.25) is 0 Å². The number of benzene rings is 1. The van der Waals surface area contributed by atoms with Crippen LogP contribution < -0.4 is 14.8 Å². The molecule has 1 heterocycles. The minimum atomic E-state index is -0.721. The van der Waals surface area contributed by atoms with Crippen LogP contribution in [0.4, 0.5) is 11.4 Å². The van der Waals surface area contributed by atoms with Gasteiger partial charge in [0.25, 0.3) is 5.69 Å². The summed E-state index contributed by atoms with van der Waals surface area (Å²) in [5.74, 6) is 0.204. The third kappa shape index (κ3) is 2.73. The minimum Gasteiger partial charge on any atom is -0.486 e. The zero-order chi connectivity index (χ0) is 14.7. The van der Waals surface area contributed by atoms with Gasteiger partial charge in [-0.3, -0.25) is 10.1 Å². The first-order chi connectivity index (χ1) is 9.52. The molecule has 0 saturated heterocycles. The predicted octanol–water partition coefficient (Wildman–Crippen LogP) is 1.34. The topological polar surface area (TPSA) is 99.9 Å². The molecular formula is C12H14N2O6. The monoisotopic (exact) mass is 282 g/mol. The number of methoxy groups -OCH3 is 1. The molecule has 0 saturated carbocycles. The maximum atomic E-state index is 11.4. The van der Waals surface area contributed by atoms with Gasteiger partial charge in [-0.2, -0.15) is 0 Å². The Balaban J connectivity index is 2.35. The van der Waals surface area contributed by atoms with E-state index in [1.807, 2.05) is 0 Å². The Bertz CT molecular complexity index is 545. The Hall–Kier alpha value is -2.51. The highest BCUT2D eigenvalue weighted by Gasteiger charge is 2.24. The summed E-state index contributed by atoms with van der Waals surface area (Å²) in [5, 5.41) is 13.8. The van der Waals surface area contributed by atoms with Gasteiger partial charge in [0, 0.05) is 6.07 Å². The average Bonchev–Trinajstić information content (AvgIpc) is 2.45. The van der Waals surface area contributed by atoms with Gasteiger partial charge >= 0.3 is 5.97 Å². The molecule has 0 spiro atoms. The summed E-state index contributed by atoms with van der Waals surface area (Å²) >= 11 is 0. The lowest BCUT2D eigenvalue weighted by atomic mass is 10.2. The molecule has 8 heteroatoms. The Morgan fingerprint density at radius 3 is 2.55 bits per heavy atom. The van der Waals surface area contributed by atoms with Crippen molar-refractivity contribution < 1.29 is 23.9 Å². The number of hydrogen-bond donors (Lipinski definition) is 1. The molecule has 1 aromatic rings. The Morgan fingerprint density at radius 2 is 2.00 bits per heavy atom. The largest absolute Gasteiger partial charge is 0.486 e. The second-order valence-electron chi connectivity index (χ2n) is 4.16. The lowest BCUT2D eigenvalue weighted by molar-refractivity contribution is -0.384. The SMILES string of the molecule is COC(=O)C(C)Nc1cc2c(cc1[N+](=O)[O-])OCCO2. The second-order valence-corrected chi connectivity index (χ2v) is 4.16. The lowest BCUT2D eigenvalue weighted by Gasteiger charge is -2.20. The molecular weight excluding hydrogens is 268 g/mol. The molecule has 1 unspecified atom stereocenters. The van der Waals surface area contributed by atoms with E-state index in [0.29, 0.717) is 24.7 Å². The molecule has 0 radical (unpaired) electrons. The molecule has 0 aliphatic carbocycles. The van der Waals surface area contributed by atoms with Gasteiger partial charge in [-0.1, -0.05) is 0 Å². The molecule has 1 N–H and O–H groups in total. The van der Waals surface area contributed by atoms with E-state index in [-0.39, 0.29) is 11.4 Å². The third-order valence-electron chi connectivity index (χ3n) is 2.78. The van der Waals surface area contributed by atoms with Gasteiger partial charge in [-0.25, -0.2) is 4.79 Å². The molecule has 20 heavy (non-hydrogen) atoms. The Labute approximate surface area is 114 Å². The van der Waals surface area contributed by atoms with Crippen molar-refractivity contribution in [3.8, 4) is 11.5 Å². The molecule has 1 aliphatic rings. The number of ether oxygens (including phenoxy) is 3. The van der Waals surface area contributed by atoms with E-state index in [2.05, 4.69) is 10.1 Å². The van der Waals surface area contributed by atoms with E-state index < -0.39 is 16.9 Å². The summed E-state index contributed by atoms with van der Waals surface area (Å²) in [4.78, 5) is 21.9. The summed E-state index contributed by atoms with van der Waals surface area (Å²) in [7, 11) is 1.25. The number of nitrogens with one attached hydrogen (secondary N) is 1. The molecule has 1 aromatic carbocycles. The summed E-state index contributed by atoms with van der Waals surface area (Å²) < 4.78 is 15.2. The zero-order valence-electron chi connectivity index (χ0n) is 11.0. The smallest absolute Gasteiger partial charge is 0.327 e.